The Balaban J connectivity index is 2.37. The van der Waals surface area contributed by atoms with Gasteiger partial charge in [-0.05, 0) is 19.8 Å². The first-order valence-electron chi connectivity index (χ1n) is 4.84. The summed E-state index contributed by atoms with van der Waals surface area (Å²) in [6.45, 7) is 2.71. The molecule has 1 aromatic heterocycles. The van der Waals surface area contributed by atoms with Crippen LogP contribution in [-0.4, -0.2) is 27.5 Å². The Bertz CT molecular complexity index is 292. The number of hydrogen-bond acceptors (Lipinski definition) is 7. The maximum Gasteiger partial charge on any atom is 0.229 e. The van der Waals surface area contributed by atoms with Gasteiger partial charge in [-0.3, -0.25) is 0 Å². The summed E-state index contributed by atoms with van der Waals surface area (Å²) in [5.74, 6) is 0.652. The Morgan fingerprint density at radius 2 is 1.80 bits per heavy atom. The SMILES string of the molecule is CC(N)CCCNc1nc(N)nc(N)n1. The number of rotatable bonds is 5. The van der Waals surface area contributed by atoms with Crippen molar-refractivity contribution in [3.8, 4) is 0 Å². The predicted octanol–water partition coefficient (Wildman–Crippen LogP) is -0.425. The first kappa shape index (κ1) is 11.4. The molecule has 0 aliphatic heterocycles. The lowest BCUT2D eigenvalue weighted by Crippen LogP contribution is -2.17. The van der Waals surface area contributed by atoms with Crippen molar-refractivity contribution in [1.29, 1.82) is 0 Å². The summed E-state index contributed by atoms with van der Waals surface area (Å²) >= 11 is 0. The van der Waals surface area contributed by atoms with Crippen molar-refractivity contribution in [3.05, 3.63) is 0 Å². The highest BCUT2D eigenvalue weighted by atomic mass is 15.2. The fraction of sp³-hybridized carbons (Fsp3) is 0.625. The minimum absolute atomic E-state index is 0.122. The minimum atomic E-state index is 0.122. The predicted molar refractivity (Wildman–Crippen MR) is 60.0 cm³/mol. The van der Waals surface area contributed by atoms with E-state index in [9.17, 15) is 0 Å². The van der Waals surface area contributed by atoms with Gasteiger partial charge in [0.05, 0.1) is 0 Å². The van der Waals surface area contributed by atoms with Crippen LogP contribution in [0.25, 0.3) is 0 Å². The maximum absolute atomic E-state index is 5.61. The molecule has 1 heterocycles. The van der Waals surface area contributed by atoms with Gasteiger partial charge in [0, 0.05) is 12.6 Å². The number of nitrogen functional groups attached to an aromatic ring is 2. The van der Waals surface area contributed by atoms with Crippen LogP contribution in [0.1, 0.15) is 19.8 Å². The van der Waals surface area contributed by atoms with E-state index in [2.05, 4.69) is 20.3 Å². The number of nitrogens with zero attached hydrogens (tertiary/aromatic N) is 3. The zero-order valence-corrected chi connectivity index (χ0v) is 8.77. The molecule has 0 aliphatic carbocycles. The van der Waals surface area contributed by atoms with Gasteiger partial charge in [0.15, 0.2) is 0 Å². The quantitative estimate of drug-likeness (QED) is 0.486. The molecule has 0 saturated carbocycles. The lowest BCUT2D eigenvalue weighted by molar-refractivity contribution is 0.638. The topological polar surface area (TPSA) is 129 Å². The van der Waals surface area contributed by atoms with Crippen LogP contribution in [0.4, 0.5) is 17.8 Å². The maximum atomic E-state index is 5.61. The molecule has 0 aromatic carbocycles. The number of nitrogens with two attached hydrogens (primary N) is 3. The van der Waals surface area contributed by atoms with Gasteiger partial charge in [-0.25, -0.2) is 0 Å². The molecule has 0 aliphatic rings. The van der Waals surface area contributed by atoms with E-state index in [0.29, 0.717) is 5.95 Å². The van der Waals surface area contributed by atoms with Crippen LogP contribution < -0.4 is 22.5 Å². The molecule has 0 fully saturated rings. The van der Waals surface area contributed by atoms with E-state index in [0.717, 1.165) is 19.4 Å². The molecule has 0 spiro atoms. The smallest absolute Gasteiger partial charge is 0.229 e. The molecule has 15 heavy (non-hydrogen) atoms. The normalized spacial score (nSPS) is 12.4. The molecule has 7 nitrogen and oxygen atoms in total. The molecule has 1 atom stereocenters. The average molecular weight is 211 g/mol. The van der Waals surface area contributed by atoms with Gasteiger partial charge in [-0.2, -0.15) is 15.0 Å². The summed E-state index contributed by atoms with van der Waals surface area (Å²) in [6, 6.07) is 0.209. The third kappa shape index (κ3) is 4.41. The van der Waals surface area contributed by atoms with E-state index >= 15 is 0 Å². The zero-order valence-electron chi connectivity index (χ0n) is 8.77. The van der Waals surface area contributed by atoms with Crippen LogP contribution in [0.2, 0.25) is 0 Å². The van der Waals surface area contributed by atoms with E-state index in [1.807, 2.05) is 6.92 Å². The Labute approximate surface area is 88.5 Å². The van der Waals surface area contributed by atoms with Gasteiger partial charge in [0.25, 0.3) is 0 Å². The Hall–Kier alpha value is -1.63. The van der Waals surface area contributed by atoms with Gasteiger partial charge in [-0.1, -0.05) is 0 Å². The van der Waals surface area contributed by atoms with Crippen molar-refractivity contribution in [2.24, 2.45) is 5.73 Å². The molecule has 1 aromatic rings. The van der Waals surface area contributed by atoms with Gasteiger partial charge in [0.2, 0.25) is 17.8 Å². The first-order chi connectivity index (χ1) is 7.08. The first-order valence-corrected chi connectivity index (χ1v) is 4.84. The van der Waals surface area contributed by atoms with Crippen LogP contribution in [0, 0.1) is 0 Å². The van der Waals surface area contributed by atoms with E-state index in [-0.39, 0.29) is 17.9 Å². The van der Waals surface area contributed by atoms with Gasteiger partial charge in [-0.15, -0.1) is 0 Å². The second kappa shape index (κ2) is 5.30. The van der Waals surface area contributed by atoms with Gasteiger partial charge < -0.3 is 22.5 Å². The van der Waals surface area contributed by atoms with Gasteiger partial charge >= 0.3 is 0 Å². The zero-order chi connectivity index (χ0) is 11.3. The van der Waals surface area contributed by atoms with Crippen LogP contribution in [0.5, 0.6) is 0 Å². The van der Waals surface area contributed by atoms with Crippen molar-refractivity contribution in [2.75, 3.05) is 23.3 Å². The Morgan fingerprint density at radius 1 is 1.20 bits per heavy atom. The monoisotopic (exact) mass is 211 g/mol. The third-order valence-corrected chi connectivity index (χ3v) is 1.79. The van der Waals surface area contributed by atoms with Crippen molar-refractivity contribution >= 4 is 17.8 Å². The van der Waals surface area contributed by atoms with Crippen LogP contribution in [0.15, 0.2) is 0 Å². The molecule has 7 N–H and O–H groups in total. The van der Waals surface area contributed by atoms with Crippen molar-refractivity contribution in [1.82, 2.24) is 15.0 Å². The summed E-state index contributed by atoms with van der Waals surface area (Å²) in [5.41, 5.74) is 16.4. The number of hydrogen-bond donors (Lipinski definition) is 4. The van der Waals surface area contributed by atoms with Crippen LogP contribution in [-0.2, 0) is 0 Å². The highest BCUT2D eigenvalue weighted by Crippen LogP contribution is 2.03. The lowest BCUT2D eigenvalue weighted by atomic mass is 10.2. The van der Waals surface area contributed by atoms with Crippen molar-refractivity contribution in [2.45, 2.75) is 25.8 Å². The summed E-state index contributed by atoms with van der Waals surface area (Å²) in [6.07, 6.45) is 1.90. The molecule has 0 amide bonds. The lowest BCUT2D eigenvalue weighted by Gasteiger charge is -2.06. The number of nitrogens with one attached hydrogen (secondary N) is 1. The van der Waals surface area contributed by atoms with Gasteiger partial charge in [0.1, 0.15) is 0 Å². The highest BCUT2D eigenvalue weighted by molar-refractivity contribution is 5.36. The molecule has 0 saturated heterocycles. The average Bonchev–Trinajstić information content (AvgIpc) is 2.10. The fourth-order valence-electron chi connectivity index (χ4n) is 1.11. The summed E-state index contributed by atoms with van der Waals surface area (Å²) < 4.78 is 0. The number of aromatic nitrogens is 3. The fourth-order valence-corrected chi connectivity index (χ4v) is 1.11. The molecule has 0 bridgehead atoms. The summed E-state index contributed by atoms with van der Waals surface area (Å²) in [5, 5.41) is 3.00. The second-order valence-corrected chi connectivity index (χ2v) is 3.42. The van der Waals surface area contributed by atoms with E-state index < -0.39 is 0 Å². The third-order valence-electron chi connectivity index (χ3n) is 1.79. The Morgan fingerprint density at radius 3 is 2.33 bits per heavy atom. The van der Waals surface area contributed by atoms with Crippen molar-refractivity contribution in [3.63, 3.8) is 0 Å². The standard InChI is InChI=1S/C8H17N7/c1-5(9)3-2-4-12-8-14-6(10)13-7(11)15-8/h5H,2-4,9H2,1H3,(H5,10,11,12,13,14,15). The minimum Gasteiger partial charge on any atom is -0.368 e. The summed E-state index contributed by atoms with van der Waals surface area (Å²) in [7, 11) is 0. The molecule has 7 heteroatoms. The second-order valence-electron chi connectivity index (χ2n) is 3.42. The largest absolute Gasteiger partial charge is 0.368 e. The van der Waals surface area contributed by atoms with E-state index in [1.54, 1.807) is 0 Å². The molecule has 1 unspecified atom stereocenters. The van der Waals surface area contributed by atoms with Crippen LogP contribution >= 0.6 is 0 Å². The van der Waals surface area contributed by atoms with E-state index in [1.165, 1.54) is 0 Å². The molecule has 84 valence electrons. The van der Waals surface area contributed by atoms with E-state index in [4.69, 9.17) is 17.2 Å². The Kier molecular flexibility index (Phi) is 4.04. The summed E-state index contributed by atoms with van der Waals surface area (Å²) in [4.78, 5) is 11.4. The van der Waals surface area contributed by atoms with Crippen LogP contribution in [0.3, 0.4) is 0 Å². The molecule has 0 radical (unpaired) electrons. The molecule has 1 rings (SSSR count). The van der Waals surface area contributed by atoms with Crippen molar-refractivity contribution < 1.29 is 0 Å². The number of anilines is 3. The highest BCUT2D eigenvalue weighted by Gasteiger charge is 2.00. The molecular weight excluding hydrogens is 194 g/mol. The molecular formula is C8H17N7.